The Balaban J connectivity index is 1.28. The maximum atomic E-state index is 13.2. The first-order valence-corrected chi connectivity index (χ1v) is 12.3. The molecule has 2 aliphatic heterocycles. The van der Waals surface area contributed by atoms with Crippen molar-refractivity contribution in [1.29, 1.82) is 0 Å². The highest BCUT2D eigenvalue weighted by Crippen LogP contribution is 2.24. The van der Waals surface area contributed by atoms with Crippen molar-refractivity contribution in [2.75, 3.05) is 44.2 Å². The Morgan fingerprint density at radius 1 is 0.969 bits per heavy atom. The number of ketones is 1. The van der Waals surface area contributed by atoms with Crippen molar-refractivity contribution in [2.24, 2.45) is 0 Å². The summed E-state index contributed by atoms with van der Waals surface area (Å²) in [6, 6.07) is 7.88. The summed E-state index contributed by atoms with van der Waals surface area (Å²) in [5, 5.41) is 2.03. The number of thiazole rings is 1. The van der Waals surface area contributed by atoms with E-state index in [1.54, 1.807) is 18.3 Å². The van der Waals surface area contributed by atoms with Gasteiger partial charge in [-0.15, -0.1) is 11.3 Å². The quantitative estimate of drug-likeness (QED) is 0.555. The van der Waals surface area contributed by atoms with Gasteiger partial charge < -0.3 is 9.80 Å². The lowest BCUT2D eigenvalue weighted by atomic mass is 10.1. The van der Waals surface area contributed by atoms with Gasteiger partial charge in [0, 0.05) is 68.6 Å². The molecule has 5 rings (SSSR count). The number of anilines is 1. The van der Waals surface area contributed by atoms with Crippen LogP contribution >= 0.6 is 11.3 Å². The molecule has 4 heterocycles. The molecule has 0 bridgehead atoms. The summed E-state index contributed by atoms with van der Waals surface area (Å²) in [6.45, 7) is 7.67. The van der Waals surface area contributed by atoms with Crippen LogP contribution in [0.4, 0.5) is 5.69 Å². The summed E-state index contributed by atoms with van der Waals surface area (Å²) < 4.78 is 2.09. The van der Waals surface area contributed by atoms with Crippen molar-refractivity contribution < 1.29 is 9.59 Å². The summed E-state index contributed by atoms with van der Waals surface area (Å²) >= 11 is 1.58. The van der Waals surface area contributed by atoms with Crippen LogP contribution in [-0.2, 0) is 6.54 Å². The van der Waals surface area contributed by atoms with Crippen LogP contribution in [0.1, 0.15) is 52.7 Å². The minimum atomic E-state index is 0.0831. The number of rotatable bonds is 5. The highest BCUT2D eigenvalue weighted by molar-refractivity contribution is 7.15. The Morgan fingerprint density at radius 3 is 2.38 bits per heavy atom. The van der Waals surface area contributed by atoms with Crippen LogP contribution in [0.15, 0.2) is 35.8 Å². The number of benzene rings is 1. The summed E-state index contributed by atoms with van der Waals surface area (Å²) in [6.07, 6.45) is 5.40. The van der Waals surface area contributed by atoms with E-state index in [1.165, 1.54) is 6.42 Å². The highest BCUT2D eigenvalue weighted by atomic mass is 32.1. The molecule has 0 saturated carbocycles. The van der Waals surface area contributed by atoms with Gasteiger partial charge in [-0.05, 0) is 50.5 Å². The van der Waals surface area contributed by atoms with Crippen molar-refractivity contribution in [3.8, 4) is 0 Å². The molecule has 2 fully saturated rings. The van der Waals surface area contributed by atoms with Crippen molar-refractivity contribution >= 4 is 33.7 Å². The molecule has 8 heteroatoms. The first-order valence-electron chi connectivity index (χ1n) is 11.4. The average Bonchev–Trinajstić information content (AvgIpc) is 3.42. The Bertz CT molecular complexity index is 1110. The molecule has 2 aromatic heterocycles. The number of amides is 1. The van der Waals surface area contributed by atoms with Gasteiger partial charge in [0.25, 0.3) is 5.91 Å². The van der Waals surface area contributed by atoms with E-state index in [0.29, 0.717) is 5.69 Å². The number of likely N-dealkylation sites (tertiary alicyclic amines) is 1. The number of imidazole rings is 1. The summed E-state index contributed by atoms with van der Waals surface area (Å²) in [5.41, 5.74) is 3.54. The standard InChI is InChI=1S/C24H29N5O2S/c1-18(30)19-5-7-20(8-6-19)27-13-11-26(12-14-27)17-21-22(25-24-29(21)15-16-32-24)23(31)28-9-3-2-4-10-28/h5-8,15-16H,2-4,9-14,17H2,1H3. The van der Waals surface area contributed by atoms with E-state index in [4.69, 9.17) is 4.98 Å². The van der Waals surface area contributed by atoms with Gasteiger partial charge in [0.2, 0.25) is 0 Å². The molecule has 0 unspecified atom stereocenters. The van der Waals surface area contributed by atoms with Gasteiger partial charge >= 0.3 is 0 Å². The Hall–Kier alpha value is -2.71. The number of Topliss-reactive ketones (excluding diaryl/α,β-unsaturated/α-hetero) is 1. The molecule has 0 N–H and O–H groups in total. The van der Waals surface area contributed by atoms with E-state index in [1.807, 2.05) is 40.7 Å². The Morgan fingerprint density at radius 2 is 1.69 bits per heavy atom. The van der Waals surface area contributed by atoms with Crippen LogP contribution in [0.2, 0.25) is 0 Å². The molecule has 3 aromatic rings. The first-order chi connectivity index (χ1) is 15.6. The van der Waals surface area contributed by atoms with E-state index in [-0.39, 0.29) is 11.7 Å². The number of piperidine rings is 1. The fraction of sp³-hybridized carbons (Fsp3) is 0.458. The van der Waals surface area contributed by atoms with Gasteiger partial charge in [-0.2, -0.15) is 0 Å². The van der Waals surface area contributed by atoms with E-state index < -0.39 is 0 Å². The van der Waals surface area contributed by atoms with Gasteiger partial charge in [0.1, 0.15) is 0 Å². The van der Waals surface area contributed by atoms with E-state index in [9.17, 15) is 9.59 Å². The predicted octanol–water partition coefficient (Wildman–Crippen LogP) is 3.55. The third kappa shape index (κ3) is 4.17. The van der Waals surface area contributed by atoms with Crippen LogP contribution in [0, 0.1) is 0 Å². The SMILES string of the molecule is CC(=O)c1ccc(N2CCN(Cc3c(C(=O)N4CCCCC4)nc4sccn34)CC2)cc1. The topological polar surface area (TPSA) is 61.2 Å². The van der Waals surface area contributed by atoms with Gasteiger partial charge in [-0.1, -0.05) is 0 Å². The van der Waals surface area contributed by atoms with E-state index in [2.05, 4.69) is 14.2 Å². The Labute approximate surface area is 192 Å². The molecule has 0 aliphatic carbocycles. The Kier molecular flexibility index (Phi) is 5.97. The second-order valence-electron chi connectivity index (χ2n) is 8.68. The lowest BCUT2D eigenvalue weighted by molar-refractivity contribution is 0.0716. The predicted molar refractivity (Wildman–Crippen MR) is 127 cm³/mol. The van der Waals surface area contributed by atoms with Crippen LogP contribution in [-0.4, -0.2) is 70.1 Å². The van der Waals surface area contributed by atoms with E-state index in [0.717, 1.165) is 80.6 Å². The molecule has 32 heavy (non-hydrogen) atoms. The van der Waals surface area contributed by atoms with Crippen molar-refractivity contribution in [3.63, 3.8) is 0 Å². The zero-order chi connectivity index (χ0) is 22.1. The highest BCUT2D eigenvalue weighted by Gasteiger charge is 2.27. The lowest BCUT2D eigenvalue weighted by Crippen LogP contribution is -2.46. The number of hydrogen-bond donors (Lipinski definition) is 0. The number of piperazine rings is 1. The second-order valence-corrected chi connectivity index (χ2v) is 9.55. The molecule has 0 atom stereocenters. The lowest BCUT2D eigenvalue weighted by Gasteiger charge is -2.36. The molecular formula is C24H29N5O2S. The van der Waals surface area contributed by atoms with Gasteiger partial charge in [0.15, 0.2) is 16.4 Å². The molecule has 168 valence electrons. The number of carbonyl (C=O) groups excluding carboxylic acids is 2. The van der Waals surface area contributed by atoms with Gasteiger partial charge in [0.05, 0.1) is 5.69 Å². The molecule has 0 radical (unpaired) electrons. The maximum absolute atomic E-state index is 13.2. The number of aromatic nitrogens is 2. The summed E-state index contributed by atoms with van der Waals surface area (Å²) in [7, 11) is 0. The fourth-order valence-electron chi connectivity index (χ4n) is 4.68. The van der Waals surface area contributed by atoms with Crippen LogP contribution < -0.4 is 4.90 Å². The first kappa shape index (κ1) is 21.2. The molecule has 7 nitrogen and oxygen atoms in total. The number of fused-ring (bicyclic) bond motifs is 1. The third-order valence-electron chi connectivity index (χ3n) is 6.59. The van der Waals surface area contributed by atoms with E-state index >= 15 is 0 Å². The number of nitrogens with zero attached hydrogens (tertiary/aromatic N) is 5. The fourth-order valence-corrected chi connectivity index (χ4v) is 5.42. The van der Waals surface area contributed by atoms with Gasteiger partial charge in [-0.3, -0.25) is 18.9 Å². The molecule has 1 aromatic carbocycles. The summed E-state index contributed by atoms with van der Waals surface area (Å²) in [5.74, 6) is 0.177. The minimum absolute atomic E-state index is 0.0831. The average molecular weight is 452 g/mol. The zero-order valence-electron chi connectivity index (χ0n) is 18.5. The molecule has 2 aliphatic rings. The largest absolute Gasteiger partial charge is 0.369 e. The molecule has 2 saturated heterocycles. The number of carbonyl (C=O) groups is 2. The van der Waals surface area contributed by atoms with Crippen LogP contribution in [0.3, 0.4) is 0 Å². The molecule has 0 spiro atoms. The number of hydrogen-bond acceptors (Lipinski definition) is 6. The maximum Gasteiger partial charge on any atom is 0.274 e. The second kappa shape index (κ2) is 9.03. The summed E-state index contributed by atoms with van der Waals surface area (Å²) in [4.78, 5) is 37.1. The minimum Gasteiger partial charge on any atom is -0.369 e. The third-order valence-corrected chi connectivity index (χ3v) is 7.35. The normalized spacial score (nSPS) is 17.8. The molecule has 1 amide bonds. The zero-order valence-corrected chi connectivity index (χ0v) is 19.3. The van der Waals surface area contributed by atoms with Crippen LogP contribution in [0.25, 0.3) is 4.96 Å². The molecular weight excluding hydrogens is 422 g/mol. The van der Waals surface area contributed by atoms with Gasteiger partial charge in [-0.25, -0.2) is 4.98 Å². The van der Waals surface area contributed by atoms with Crippen molar-refractivity contribution in [1.82, 2.24) is 19.2 Å². The smallest absolute Gasteiger partial charge is 0.274 e. The monoisotopic (exact) mass is 451 g/mol. The van der Waals surface area contributed by atoms with Crippen LogP contribution in [0.5, 0.6) is 0 Å². The van der Waals surface area contributed by atoms with Crippen molar-refractivity contribution in [3.05, 3.63) is 52.8 Å². The van der Waals surface area contributed by atoms with Crippen molar-refractivity contribution in [2.45, 2.75) is 32.7 Å².